The minimum atomic E-state index is -0.234. The Kier molecular flexibility index (Phi) is 4.64. The molecule has 1 aromatic heterocycles. The van der Waals surface area contributed by atoms with Crippen molar-refractivity contribution in [3.8, 4) is 22.9 Å². The third kappa shape index (κ3) is 3.44. The molecular formula is C20H16ClN3O3. The van der Waals surface area contributed by atoms with Crippen molar-refractivity contribution >= 4 is 17.5 Å². The first-order valence-corrected chi connectivity index (χ1v) is 8.74. The largest absolute Gasteiger partial charge is 0.491 e. The van der Waals surface area contributed by atoms with Crippen molar-refractivity contribution < 1.29 is 14.3 Å². The van der Waals surface area contributed by atoms with Gasteiger partial charge in [0.05, 0.1) is 12.1 Å². The highest BCUT2D eigenvalue weighted by molar-refractivity contribution is 6.32. The third-order valence-electron chi connectivity index (χ3n) is 4.18. The molecule has 0 amide bonds. The molecule has 2 aromatic carbocycles. The van der Waals surface area contributed by atoms with Gasteiger partial charge in [-0.1, -0.05) is 48.0 Å². The molecule has 0 spiro atoms. The van der Waals surface area contributed by atoms with E-state index in [0.717, 1.165) is 11.1 Å². The lowest BCUT2D eigenvalue weighted by Gasteiger charge is -2.15. The second kappa shape index (κ2) is 7.25. The highest BCUT2D eigenvalue weighted by Gasteiger charge is 2.22. The molecule has 0 fully saturated rings. The van der Waals surface area contributed by atoms with Crippen LogP contribution in [0.1, 0.15) is 10.6 Å². The van der Waals surface area contributed by atoms with Gasteiger partial charge in [-0.05, 0) is 17.7 Å². The van der Waals surface area contributed by atoms with E-state index in [2.05, 4.69) is 10.1 Å². The van der Waals surface area contributed by atoms with Crippen LogP contribution in [0.2, 0.25) is 5.02 Å². The maximum Gasteiger partial charge on any atom is 0.272 e. The first-order chi connectivity index (χ1) is 13.2. The van der Waals surface area contributed by atoms with Gasteiger partial charge in [0.15, 0.2) is 17.3 Å². The number of allylic oxidation sites excluding steroid dienone is 1. The van der Waals surface area contributed by atoms with Gasteiger partial charge in [0, 0.05) is 18.1 Å². The molecule has 4 rings (SSSR count). The molecule has 0 aliphatic carbocycles. The fourth-order valence-electron chi connectivity index (χ4n) is 2.90. The van der Waals surface area contributed by atoms with E-state index in [1.54, 1.807) is 18.2 Å². The fourth-order valence-corrected chi connectivity index (χ4v) is 3.14. The Morgan fingerprint density at radius 2 is 1.96 bits per heavy atom. The van der Waals surface area contributed by atoms with Gasteiger partial charge in [0.25, 0.3) is 5.91 Å². The van der Waals surface area contributed by atoms with Gasteiger partial charge in [0.2, 0.25) is 0 Å². The summed E-state index contributed by atoms with van der Waals surface area (Å²) in [4.78, 5) is 16.9. The van der Waals surface area contributed by atoms with E-state index in [-0.39, 0.29) is 12.5 Å². The smallest absolute Gasteiger partial charge is 0.272 e. The molecule has 27 heavy (non-hydrogen) atoms. The molecule has 1 aliphatic rings. The van der Waals surface area contributed by atoms with Gasteiger partial charge >= 0.3 is 0 Å². The normalized spacial score (nSPS) is 13.1. The van der Waals surface area contributed by atoms with Crippen molar-refractivity contribution in [2.75, 3.05) is 13.7 Å². The van der Waals surface area contributed by atoms with E-state index in [1.807, 2.05) is 30.3 Å². The van der Waals surface area contributed by atoms with E-state index in [9.17, 15) is 4.79 Å². The number of benzene rings is 2. The number of carbonyl (C=O) groups is 1. The Bertz CT molecular complexity index is 1030. The van der Waals surface area contributed by atoms with Crippen molar-refractivity contribution in [1.29, 1.82) is 0 Å². The van der Waals surface area contributed by atoms with Gasteiger partial charge in [0.1, 0.15) is 12.4 Å². The summed E-state index contributed by atoms with van der Waals surface area (Å²) in [6, 6.07) is 14.8. The van der Waals surface area contributed by atoms with Crippen molar-refractivity contribution in [3.63, 3.8) is 0 Å². The zero-order valence-electron chi connectivity index (χ0n) is 14.6. The third-order valence-corrected chi connectivity index (χ3v) is 4.47. The standard InChI is InChI=1S/C20H16ClN3O3/c1-26-19-15(21)8-5-9-16(19)27-12-13-10-17-22-20(14-6-3-2-4-7-14)23-24(17)18(25)11-13/h2-9,11H,10,12H2,1H3. The Labute approximate surface area is 161 Å². The molecule has 6 nitrogen and oxygen atoms in total. The quantitative estimate of drug-likeness (QED) is 0.672. The summed E-state index contributed by atoms with van der Waals surface area (Å²) in [6.07, 6.45) is 2.02. The molecule has 2 heterocycles. The lowest BCUT2D eigenvalue weighted by atomic mass is 10.1. The molecule has 7 heteroatoms. The lowest BCUT2D eigenvalue weighted by Crippen LogP contribution is -2.21. The predicted molar refractivity (Wildman–Crippen MR) is 101 cm³/mol. The fraction of sp³-hybridized carbons (Fsp3) is 0.150. The van der Waals surface area contributed by atoms with Crippen LogP contribution in [0.25, 0.3) is 11.4 Å². The van der Waals surface area contributed by atoms with Crippen LogP contribution >= 0.6 is 11.6 Å². The molecule has 0 N–H and O–H groups in total. The van der Waals surface area contributed by atoms with E-state index in [0.29, 0.717) is 34.6 Å². The summed E-state index contributed by atoms with van der Waals surface area (Å²) in [6.45, 7) is 0.232. The van der Waals surface area contributed by atoms with Gasteiger partial charge in [-0.2, -0.15) is 4.68 Å². The van der Waals surface area contributed by atoms with Crippen molar-refractivity contribution in [2.45, 2.75) is 6.42 Å². The van der Waals surface area contributed by atoms with Crippen LogP contribution in [0.15, 0.2) is 60.2 Å². The number of nitrogens with zero attached hydrogens (tertiary/aromatic N) is 3. The van der Waals surface area contributed by atoms with Gasteiger partial charge in [-0.15, -0.1) is 5.10 Å². The van der Waals surface area contributed by atoms with Gasteiger partial charge in [-0.25, -0.2) is 4.98 Å². The number of carbonyl (C=O) groups excluding carboxylic acids is 1. The predicted octanol–water partition coefficient (Wildman–Crippen LogP) is 3.81. The van der Waals surface area contributed by atoms with Crippen LogP contribution in [0.3, 0.4) is 0 Å². The minimum Gasteiger partial charge on any atom is -0.491 e. The lowest BCUT2D eigenvalue weighted by molar-refractivity contribution is 0.0943. The second-order valence-corrected chi connectivity index (χ2v) is 6.41. The highest BCUT2D eigenvalue weighted by Crippen LogP contribution is 2.34. The number of aromatic nitrogens is 3. The minimum absolute atomic E-state index is 0.232. The Balaban J connectivity index is 1.52. The Hall–Kier alpha value is -3.12. The van der Waals surface area contributed by atoms with Gasteiger partial charge < -0.3 is 9.47 Å². The number of halogens is 1. The number of fused-ring (bicyclic) bond motifs is 1. The first-order valence-electron chi connectivity index (χ1n) is 8.36. The number of rotatable bonds is 5. The average Bonchev–Trinajstić information content (AvgIpc) is 3.12. The van der Waals surface area contributed by atoms with Crippen molar-refractivity contribution in [1.82, 2.24) is 14.8 Å². The number of hydrogen-bond acceptors (Lipinski definition) is 5. The Morgan fingerprint density at radius 3 is 2.74 bits per heavy atom. The monoisotopic (exact) mass is 381 g/mol. The van der Waals surface area contributed by atoms with Crippen LogP contribution in [-0.4, -0.2) is 34.4 Å². The van der Waals surface area contributed by atoms with Crippen LogP contribution in [0, 0.1) is 0 Å². The summed E-state index contributed by atoms with van der Waals surface area (Å²) in [7, 11) is 1.53. The maximum atomic E-state index is 12.4. The molecule has 1 aliphatic heterocycles. The molecular weight excluding hydrogens is 366 g/mol. The molecule has 0 saturated heterocycles. The Morgan fingerprint density at radius 1 is 1.15 bits per heavy atom. The molecule has 0 unspecified atom stereocenters. The number of hydrogen-bond donors (Lipinski definition) is 0. The molecule has 0 bridgehead atoms. The molecule has 0 radical (unpaired) electrons. The van der Waals surface area contributed by atoms with Crippen molar-refractivity contribution in [3.05, 3.63) is 71.0 Å². The molecule has 0 atom stereocenters. The van der Waals surface area contributed by atoms with E-state index in [1.165, 1.54) is 17.9 Å². The van der Waals surface area contributed by atoms with Gasteiger partial charge in [-0.3, -0.25) is 4.79 Å². The number of para-hydroxylation sites is 1. The van der Waals surface area contributed by atoms with Crippen LogP contribution in [0.4, 0.5) is 0 Å². The topological polar surface area (TPSA) is 66.2 Å². The maximum absolute atomic E-state index is 12.4. The van der Waals surface area contributed by atoms with Crippen LogP contribution < -0.4 is 9.47 Å². The summed E-state index contributed by atoms with van der Waals surface area (Å²) in [5.74, 6) is 1.89. The summed E-state index contributed by atoms with van der Waals surface area (Å²) in [5, 5.41) is 4.80. The SMILES string of the molecule is COc1c(Cl)cccc1OCC1=CC(=O)n2nc(-c3ccccc3)nc2C1. The number of methoxy groups -OCH3 is 1. The van der Waals surface area contributed by atoms with Crippen LogP contribution in [0.5, 0.6) is 11.5 Å². The zero-order chi connectivity index (χ0) is 18.8. The summed E-state index contributed by atoms with van der Waals surface area (Å²) < 4.78 is 12.4. The van der Waals surface area contributed by atoms with E-state index >= 15 is 0 Å². The first kappa shape index (κ1) is 17.3. The molecule has 0 saturated carbocycles. The molecule has 3 aromatic rings. The van der Waals surface area contributed by atoms with E-state index in [4.69, 9.17) is 21.1 Å². The summed E-state index contributed by atoms with van der Waals surface area (Å²) >= 11 is 6.11. The second-order valence-electron chi connectivity index (χ2n) is 6.01. The van der Waals surface area contributed by atoms with Crippen molar-refractivity contribution in [2.24, 2.45) is 0 Å². The summed E-state index contributed by atoms with van der Waals surface area (Å²) in [5.41, 5.74) is 1.68. The highest BCUT2D eigenvalue weighted by atomic mass is 35.5. The van der Waals surface area contributed by atoms with E-state index < -0.39 is 0 Å². The van der Waals surface area contributed by atoms with Crippen LogP contribution in [-0.2, 0) is 6.42 Å². The zero-order valence-corrected chi connectivity index (χ0v) is 15.3. The average molecular weight is 382 g/mol. The number of ether oxygens (including phenoxy) is 2. The molecule has 136 valence electrons.